The molecule has 0 spiro atoms. The first kappa shape index (κ1) is 16.4. The summed E-state index contributed by atoms with van der Waals surface area (Å²) < 4.78 is 0. The highest BCUT2D eigenvalue weighted by molar-refractivity contribution is 7.17. The molecule has 1 aromatic carbocycles. The highest BCUT2D eigenvalue weighted by atomic mass is 32.1. The number of hydrogen-bond donors (Lipinski definition) is 0. The molecule has 1 aliphatic heterocycles. The van der Waals surface area contributed by atoms with Crippen molar-refractivity contribution in [1.82, 2.24) is 14.9 Å². The van der Waals surface area contributed by atoms with Crippen LogP contribution in [-0.4, -0.2) is 47.0 Å². The average Bonchev–Trinajstić information content (AvgIpc) is 3.19. The number of nitrogens with zero attached hydrogens (tertiary/aromatic N) is 4. The lowest BCUT2D eigenvalue weighted by Crippen LogP contribution is -2.49. The fraction of sp³-hybridized carbons (Fsp3) is 0.286. The standard InChI is InChI=1S/C21H20N4OS/c26-20(24-10-12-25(13-11-24)21-22-8-3-9-23-21)18-14-16-7-6-15-4-1-2-5-17(15)19(16)27-18/h1-5,8-9,14H,6-7,10-13H2. The molecule has 5 nitrogen and oxygen atoms in total. The van der Waals surface area contributed by atoms with Gasteiger partial charge < -0.3 is 9.80 Å². The third-order valence-electron chi connectivity index (χ3n) is 5.35. The van der Waals surface area contributed by atoms with Gasteiger partial charge in [-0.05, 0) is 41.7 Å². The topological polar surface area (TPSA) is 49.3 Å². The molecular weight excluding hydrogens is 356 g/mol. The predicted molar refractivity (Wildman–Crippen MR) is 107 cm³/mol. The maximum Gasteiger partial charge on any atom is 0.264 e. The normalized spacial score (nSPS) is 16.0. The van der Waals surface area contributed by atoms with Crippen LogP contribution in [0.15, 0.2) is 48.8 Å². The van der Waals surface area contributed by atoms with Crippen molar-refractivity contribution < 1.29 is 4.79 Å². The minimum absolute atomic E-state index is 0.153. The zero-order chi connectivity index (χ0) is 18.2. The molecule has 2 aliphatic rings. The van der Waals surface area contributed by atoms with Crippen LogP contribution >= 0.6 is 11.3 Å². The van der Waals surface area contributed by atoms with Gasteiger partial charge in [-0.3, -0.25) is 4.79 Å². The van der Waals surface area contributed by atoms with Gasteiger partial charge in [0.25, 0.3) is 5.91 Å². The van der Waals surface area contributed by atoms with E-state index in [1.807, 2.05) is 11.0 Å². The molecule has 3 heterocycles. The highest BCUT2D eigenvalue weighted by Crippen LogP contribution is 2.39. The van der Waals surface area contributed by atoms with Crippen LogP contribution in [0.2, 0.25) is 0 Å². The van der Waals surface area contributed by atoms with E-state index in [1.165, 1.54) is 21.6 Å². The van der Waals surface area contributed by atoms with E-state index in [4.69, 9.17) is 0 Å². The van der Waals surface area contributed by atoms with Gasteiger partial charge in [0.2, 0.25) is 5.95 Å². The largest absolute Gasteiger partial charge is 0.337 e. The van der Waals surface area contributed by atoms with E-state index in [0.717, 1.165) is 36.8 Å². The van der Waals surface area contributed by atoms with Crippen molar-refractivity contribution in [1.29, 1.82) is 0 Å². The summed E-state index contributed by atoms with van der Waals surface area (Å²) in [5.74, 6) is 0.897. The van der Waals surface area contributed by atoms with Crippen LogP contribution in [0.25, 0.3) is 10.4 Å². The van der Waals surface area contributed by atoms with E-state index < -0.39 is 0 Å². The van der Waals surface area contributed by atoms with Crippen LogP contribution in [0, 0.1) is 0 Å². The summed E-state index contributed by atoms with van der Waals surface area (Å²) in [4.78, 5) is 27.9. The summed E-state index contributed by atoms with van der Waals surface area (Å²) >= 11 is 1.65. The summed E-state index contributed by atoms with van der Waals surface area (Å²) in [6.07, 6.45) is 5.60. The minimum atomic E-state index is 0.153. The number of anilines is 1. The third kappa shape index (κ3) is 3.00. The predicted octanol–water partition coefficient (Wildman–Crippen LogP) is 3.27. The SMILES string of the molecule is O=C(c1cc2c(s1)-c1ccccc1CC2)N1CCN(c2ncccn2)CC1. The average molecular weight is 376 g/mol. The number of carbonyl (C=O) groups is 1. The maximum absolute atomic E-state index is 13.1. The molecule has 1 aliphatic carbocycles. The van der Waals surface area contributed by atoms with Crippen LogP contribution in [0.4, 0.5) is 5.95 Å². The Morgan fingerprint density at radius 2 is 1.67 bits per heavy atom. The smallest absolute Gasteiger partial charge is 0.264 e. The molecule has 6 heteroatoms. The number of carbonyl (C=O) groups excluding carboxylic acids is 1. The first-order valence-electron chi connectivity index (χ1n) is 9.32. The minimum Gasteiger partial charge on any atom is -0.337 e. The van der Waals surface area contributed by atoms with Crippen LogP contribution in [0.1, 0.15) is 20.8 Å². The number of benzene rings is 1. The molecule has 0 saturated carbocycles. The fourth-order valence-electron chi connectivity index (χ4n) is 3.90. The molecule has 0 atom stereocenters. The van der Waals surface area contributed by atoms with Gasteiger partial charge in [-0.1, -0.05) is 24.3 Å². The summed E-state index contributed by atoms with van der Waals surface area (Å²) in [5.41, 5.74) is 4.01. The lowest BCUT2D eigenvalue weighted by atomic mass is 9.91. The lowest BCUT2D eigenvalue weighted by molar-refractivity contribution is 0.0751. The van der Waals surface area contributed by atoms with Crippen molar-refractivity contribution in [2.75, 3.05) is 31.1 Å². The molecule has 0 N–H and O–H groups in total. The number of hydrogen-bond acceptors (Lipinski definition) is 5. The van der Waals surface area contributed by atoms with E-state index >= 15 is 0 Å². The molecule has 0 unspecified atom stereocenters. The van der Waals surface area contributed by atoms with Crippen molar-refractivity contribution in [3.63, 3.8) is 0 Å². The number of rotatable bonds is 2. The Morgan fingerprint density at radius 1 is 0.926 bits per heavy atom. The lowest BCUT2D eigenvalue weighted by Gasteiger charge is -2.34. The van der Waals surface area contributed by atoms with Gasteiger partial charge in [0.1, 0.15) is 0 Å². The molecule has 136 valence electrons. The monoisotopic (exact) mass is 376 g/mol. The molecule has 2 aromatic heterocycles. The highest BCUT2D eigenvalue weighted by Gasteiger charge is 2.27. The first-order valence-corrected chi connectivity index (χ1v) is 10.1. The van der Waals surface area contributed by atoms with E-state index in [1.54, 1.807) is 23.7 Å². The Morgan fingerprint density at radius 3 is 2.48 bits per heavy atom. The Labute approximate surface area is 162 Å². The molecule has 0 bridgehead atoms. The fourth-order valence-corrected chi connectivity index (χ4v) is 5.14. The van der Waals surface area contributed by atoms with E-state index in [-0.39, 0.29) is 5.91 Å². The van der Waals surface area contributed by atoms with Crippen molar-refractivity contribution in [2.24, 2.45) is 0 Å². The molecule has 1 amide bonds. The molecule has 27 heavy (non-hydrogen) atoms. The molecular formula is C21H20N4OS. The summed E-state index contributed by atoms with van der Waals surface area (Å²) in [5, 5.41) is 0. The third-order valence-corrected chi connectivity index (χ3v) is 6.55. The number of aromatic nitrogens is 2. The molecule has 5 rings (SSSR count). The van der Waals surface area contributed by atoms with Crippen molar-refractivity contribution >= 4 is 23.2 Å². The second kappa shape index (κ2) is 6.78. The van der Waals surface area contributed by atoms with Crippen LogP contribution in [0.3, 0.4) is 0 Å². The van der Waals surface area contributed by atoms with Crippen molar-refractivity contribution in [3.05, 3.63) is 64.8 Å². The zero-order valence-electron chi connectivity index (χ0n) is 15.0. The molecule has 1 saturated heterocycles. The first-order chi connectivity index (χ1) is 13.3. The summed E-state index contributed by atoms with van der Waals surface area (Å²) in [6, 6.07) is 12.5. The Kier molecular flexibility index (Phi) is 4.13. The molecule has 0 radical (unpaired) electrons. The van der Waals surface area contributed by atoms with Crippen molar-refractivity contribution in [2.45, 2.75) is 12.8 Å². The van der Waals surface area contributed by atoms with Crippen molar-refractivity contribution in [3.8, 4) is 10.4 Å². The van der Waals surface area contributed by atoms with Gasteiger partial charge in [0.15, 0.2) is 0 Å². The number of amides is 1. The van der Waals surface area contributed by atoms with Gasteiger partial charge in [0, 0.05) is 43.4 Å². The van der Waals surface area contributed by atoms with E-state index in [0.29, 0.717) is 13.1 Å². The second-order valence-corrected chi connectivity index (χ2v) is 8.00. The number of aryl methyl sites for hydroxylation is 2. The quantitative estimate of drug-likeness (QED) is 0.689. The van der Waals surface area contributed by atoms with Gasteiger partial charge in [-0.2, -0.15) is 0 Å². The Balaban J connectivity index is 1.33. The number of fused-ring (bicyclic) bond motifs is 3. The number of piperazine rings is 1. The van der Waals surface area contributed by atoms with Gasteiger partial charge in [-0.15, -0.1) is 11.3 Å². The van der Waals surface area contributed by atoms with Gasteiger partial charge >= 0.3 is 0 Å². The van der Waals surface area contributed by atoms with Gasteiger partial charge in [-0.25, -0.2) is 9.97 Å². The number of thiophene rings is 1. The van der Waals surface area contributed by atoms with E-state index in [2.05, 4.69) is 45.2 Å². The summed E-state index contributed by atoms with van der Waals surface area (Å²) in [7, 11) is 0. The van der Waals surface area contributed by atoms with E-state index in [9.17, 15) is 4.79 Å². The maximum atomic E-state index is 13.1. The Bertz CT molecular complexity index is 977. The van der Waals surface area contributed by atoms with Crippen LogP contribution in [0.5, 0.6) is 0 Å². The van der Waals surface area contributed by atoms with Crippen LogP contribution < -0.4 is 4.90 Å². The molecule has 3 aromatic rings. The Hall–Kier alpha value is -2.73. The zero-order valence-corrected chi connectivity index (χ0v) is 15.8. The molecule has 1 fully saturated rings. The summed E-state index contributed by atoms with van der Waals surface area (Å²) in [6.45, 7) is 2.94. The van der Waals surface area contributed by atoms with Crippen LogP contribution in [-0.2, 0) is 12.8 Å². The van der Waals surface area contributed by atoms with Gasteiger partial charge in [0.05, 0.1) is 4.88 Å². The second-order valence-electron chi connectivity index (χ2n) is 6.95.